The van der Waals surface area contributed by atoms with E-state index in [1.165, 1.54) is 0 Å². The van der Waals surface area contributed by atoms with Gasteiger partial charge in [0.15, 0.2) is 0 Å². The first-order valence-electron chi connectivity index (χ1n) is 4.99. The molecule has 0 aromatic carbocycles. The van der Waals surface area contributed by atoms with E-state index >= 15 is 0 Å². The molecule has 0 spiro atoms. The van der Waals surface area contributed by atoms with Crippen LogP contribution in [0.4, 0.5) is 65.9 Å². The lowest BCUT2D eigenvalue weighted by molar-refractivity contribution is -0.454. The van der Waals surface area contributed by atoms with Crippen molar-refractivity contribution in [3.8, 4) is 0 Å². The van der Waals surface area contributed by atoms with Gasteiger partial charge >= 0.3 is 41.7 Å². The topological polar surface area (TPSA) is 113 Å². The van der Waals surface area contributed by atoms with Gasteiger partial charge in [0, 0.05) is 0 Å². The van der Waals surface area contributed by atoms with E-state index in [2.05, 4.69) is 0 Å². The second-order valence-corrected chi connectivity index (χ2v) is 4.23. The number of hydrogen-bond acceptors (Lipinski definition) is 2. The Morgan fingerprint density at radius 2 is 0.704 bits per heavy atom. The van der Waals surface area contributed by atoms with E-state index in [1.807, 2.05) is 0 Å². The first kappa shape index (κ1) is 30.1. The fourth-order valence-electron chi connectivity index (χ4n) is 1.09. The number of quaternary nitrogens is 2. The van der Waals surface area contributed by atoms with Crippen LogP contribution < -0.4 is 17.4 Å². The van der Waals surface area contributed by atoms with E-state index in [0.717, 1.165) is 0 Å². The maximum absolute atomic E-state index is 12.8. The smallest absolute Gasteiger partial charge is 0.460 e. The highest BCUT2D eigenvalue weighted by molar-refractivity contribution is 5.75. The Kier molecular flexibility index (Phi) is 7.86. The van der Waals surface area contributed by atoms with Crippen molar-refractivity contribution in [2.24, 2.45) is 0 Å². The third kappa shape index (κ3) is 3.57. The second-order valence-electron chi connectivity index (χ2n) is 4.23. The number of carbonyl (C=O) groups is 1. The number of carbonyl (C=O) groups excluding carboxylic acids is 1. The summed E-state index contributed by atoms with van der Waals surface area (Å²) in [5, 5.41) is 9.61. The van der Waals surface area contributed by atoms with Gasteiger partial charge in [0.1, 0.15) is 5.97 Å². The summed E-state index contributed by atoms with van der Waals surface area (Å²) < 4.78 is 186. The first-order chi connectivity index (χ1) is 10.4. The van der Waals surface area contributed by atoms with Gasteiger partial charge in [0.25, 0.3) is 0 Å². The molecule has 166 valence electrons. The van der Waals surface area contributed by atoms with Gasteiger partial charge in [-0.05, 0) is 0 Å². The summed E-state index contributed by atoms with van der Waals surface area (Å²) >= 11 is 0. The van der Waals surface area contributed by atoms with E-state index in [1.54, 1.807) is 0 Å². The molecule has 0 bridgehead atoms. The van der Waals surface area contributed by atoms with Crippen molar-refractivity contribution in [1.29, 1.82) is 0 Å². The maximum atomic E-state index is 12.8. The zero-order chi connectivity index (χ0) is 21.1. The number of alkyl halides is 15. The summed E-state index contributed by atoms with van der Waals surface area (Å²) in [5.74, 6) is -53.3. The van der Waals surface area contributed by atoms with Crippen molar-refractivity contribution >= 4 is 5.97 Å². The normalized spacial score (nSPS) is 14.9. The average molecular weight is 449 g/mol. The molecule has 0 saturated heterocycles. The van der Waals surface area contributed by atoms with Crippen molar-refractivity contribution in [2.75, 3.05) is 0 Å². The van der Waals surface area contributed by atoms with E-state index < -0.39 is 47.7 Å². The van der Waals surface area contributed by atoms with Crippen molar-refractivity contribution in [3.63, 3.8) is 0 Å². The highest BCUT2D eigenvalue weighted by atomic mass is 19.4. The molecule has 0 aliphatic carbocycles. The maximum Gasteiger partial charge on any atom is 0.460 e. The Hall–Kier alpha value is -1.66. The molecular formula is C8H8F15N2O2+. The zero-order valence-electron chi connectivity index (χ0n) is 12.5. The molecule has 0 rings (SSSR count). The summed E-state index contributed by atoms with van der Waals surface area (Å²) in [6.45, 7) is 0. The van der Waals surface area contributed by atoms with E-state index in [-0.39, 0.29) is 12.3 Å². The summed E-state index contributed by atoms with van der Waals surface area (Å²) in [6.07, 6.45) is -7.71. The molecule has 0 heterocycles. The number of aliphatic carboxylic acids is 1. The van der Waals surface area contributed by atoms with Gasteiger partial charge in [-0.1, -0.05) is 0 Å². The lowest BCUT2D eigenvalue weighted by Gasteiger charge is -2.41. The van der Waals surface area contributed by atoms with Crippen molar-refractivity contribution < 1.29 is 75.8 Å². The Balaban J connectivity index is -0.00000288. The van der Waals surface area contributed by atoms with Gasteiger partial charge < -0.3 is 22.2 Å². The minimum Gasteiger partial charge on any atom is -0.544 e. The third-order valence-electron chi connectivity index (χ3n) is 2.58. The van der Waals surface area contributed by atoms with E-state index in [0.29, 0.717) is 0 Å². The molecule has 4 nitrogen and oxygen atoms in total. The highest BCUT2D eigenvalue weighted by Gasteiger charge is 2.93. The molecule has 0 aliphatic heterocycles. The van der Waals surface area contributed by atoms with Crippen LogP contribution in [-0.2, 0) is 4.79 Å². The lowest BCUT2D eigenvalue weighted by atomic mass is 9.91. The van der Waals surface area contributed by atoms with Crippen LogP contribution in [0.15, 0.2) is 0 Å². The largest absolute Gasteiger partial charge is 0.544 e. The number of carboxylic acids is 1. The predicted molar refractivity (Wildman–Crippen MR) is 52.7 cm³/mol. The molecule has 0 aliphatic rings. The Bertz CT molecular complexity index is 540. The highest BCUT2D eigenvalue weighted by Crippen LogP contribution is 2.62. The van der Waals surface area contributed by atoms with Gasteiger partial charge in [-0.15, -0.1) is 0 Å². The molecule has 19 heteroatoms. The van der Waals surface area contributed by atoms with Gasteiger partial charge in [0.2, 0.25) is 0 Å². The second kappa shape index (κ2) is 7.06. The fraction of sp³-hybridized carbons (Fsp3) is 0.875. The Labute approximate surface area is 137 Å². The van der Waals surface area contributed by atoms with E-state index in [4.69, 9.17) is 0 Å². The first-order valence-corrected chi connectivity index (χ1v) is 4.99. The molecule has 27 heavy (non-hydrogen) atoms. The van der Waals surface area contributed by atoms with Crippen LogP contribution >= 0.6 is 0 Å². The quantitative estimate of drug-likeness (QED) is 0.600. The van der Waals surface area contributed by atoms with Crippen LogP contribution in [0, 0.1) is 0 Å². The Morgan fingerprint density at radius 3 is 0.926 bits per heavy atom. The van der Waals surface area contributed by atoms with Crippen LogP contribution in [0.3, 0.4) is 0 Å². The van der Waals surface area contributed by atoms with Gasteiger partial charge in [-0.25, -0.2) is 0 Å². The van der Waals surface area contributed by atoms with Crippen LogP contribution in [-0.4, -0.2) is 47.7 Å². The molecule has 0 amide bonds. The molecular weight excluding hydrogens is 441 g/mol. The van der Waals surface area contributed by atoms with Crippen LogP contribution in [0.1, 0.15) is 0 Å². The molecule has 8 N–H and O–H groups in total. The number of rotatable bonds is 6. The predicted octanol–water partition coefficient (Wildman–Crippen LogP) is 3.86. The third-order valence-corrected chi connectivity index (χ3v) is 2.58. The number of hydrogen-bond donors (Lipinski definition) is 2. The van der Waals surface area contributed by atoms with Crippen LogP contribution in [0.25, 0.3) is 0 Å². The molecule has 0 saturated carbocycles. The van der Waals surface area contributed by atoms with Crippen LogP contribution in [0.2, 0.25) is 0 Å². The monoisotopic (exact) mass is 449 g/mol. The minimum absolute atomic E-state index is 0. The summed E-state index contributed by atoms with van der Waals surface area (Å²) in [6, 6.07) is 0. The molecule has 0 unspecified atom stereocenters. The Morgan fingerprint density at radius 1 is 0.481 bits per heavy atom. The summed E-state index contributed by atoms with van der Waals surface area (Å²) in [5.41, 5.74) is 0. The molecule has 0 radical (unpaired) electrons. The van der Waals surface area contributed by atoms with Gasteiger partial charge in [0.05, 0.1) is 0 Å². The lowest BCUT2D eigenvalue weighted by Crippen LogP contribution is -2.74. The van der Waals surface area contributed by atoms with E-state index in [9.17, 15) is 75.8 Å². The summed E-state index contributed by atoms with van der Waals surface area (Å²) in [4.78, 5) is 9.61. The van der Waals surface area contributed by atoms with Gasteiger partial charge in [-0.3, -0.25) is 0 Å². The standard InChI is InChI=1S/C8HF15O2.2H3N/c9-2(10,1(24)25)3(11,12)4(13,14)5(15,16)6(17,18)7(19,20)8(21,22)23;;/h(H,24,25);2*1H3/p+1. The average Bonchev–Trinajstić information content (AvgIpc) is 2.35. The molecule has 0 fully saturated rings. The minimum atomic E-state index is -8.50. The number of carboxylic acid groups (broad SMARTS) is 1. The van der Waals surface area contributed by atoms with Crippen molar-refractivity contribution in [3.05, 3.63) is 0 Å². The van der Waals surface area contributed by atoms with Gasteiger partial charge in [-0.2, -0.15) is 65.9 Å². The molecule has 0 aromatic rings. The summed E-state index contributed by atoms with van der Waals surface area (Å²) in [7, 11) is 0. The SMILES string of the molecule is O=C([O-])C(F)(F)C(F)(F)C(F)(F)C(F)(F)C(F)(F)C(F)(F)C(F)(F)F.[NH4+].[NH4+]. The molecule has 0 atom stereocenters. The zero-order valence-corrected chi connectivity index (χ0v) is 12.5. The van der Waals surface area contributed by atoms with Crippen molar-refractivity contribution in [1.82, 2.24) is 12.3 Å². The molecule has 0 aromatic heterocycles. The fourth-order valence-corrected chi connectivity index (χ4v) is 1.09. The number of halogens is 15. The van der Waals surface area contributed by atoms with Crippen molar-refractivity contribution in [2.45, 2.75) is 41.7 Å². The van der Waals surface area contributed by atoms with Crippen LogP contribution in [0.5, 0.6) is 0 Å².